The van der Waals surface area contributed by atoms with Gasteiger partial charge >= 0.3 is 0 Å². The fraction of sp³-hybridized carbons (Fsp3) is 0.429. The molecule has 0 saturated heterocycles. The van der Waals surface area contributed by atoms with Crippen LogP contribution in [0.4, 0.5) is 5.82 Å². The summed E-state index contributed by atoms with van der Waals surface area (Å²) in [6, 6.07) is 8.18. The van der Waals surface area contributed by atoms with Crippen molar-refractivity contribution < 1.29 is 0 Å². The van der Waals surface area contributed by atoms with Crippen LogP contribution in [0.3, 0.4) is 0 Å². The van der Waals surface area contributed by atoms with Crippen LogP contribution in [0.2, 0.25) is 5.15 Å². The largest absolute Gasteiger partial charge is 0.365 e. The minimum atomic E-state index is 0.155. The molecule has 1 unspecified atom stereocenters. The molecule has 0 aliphatic rings. The number of hydrogen-bond acceptors (Lipinski definition) is 3. The van der Waals surface area contributed by atoms with Crippen LogP contribution in [-0.2, 0) is 0 Å². The van der Waals surface area contributed by atoms with Crippen molar-refractivity contribution in [3.8, 4) is 0 Å². The van der Waals surface area contributed by atoms with Gasteiger partial charge in [0, 0.05) is 16.8 Å². The number of hydrogen-bond donors (Lipinski definition) is 1. The third kappa shape index (κ3) is 2.56. The van der Waals surface area contributed by atoms with Crippen LogP contribution in [-0.4, -0.2) is 16.2 Å². The summed E-state index contributed by atoms with van der Waals surface area (Å²) in [7, 11) is 0. The normalized spacial score (nSPS) is 13.6. The van der Waals surface area contributed by atoms with Crippen molar-refractivity contribution in [3.63, 3.8) is 0 Å². The number of halogens is 1. The molecule has 4 heteroatoms. The fourth-order valence-corrected chi connectivity index (χ4v) is 1.80. The van der Waals surface area contributed by atoms with Gasteiger partial charge in [0.1, 0.15) is 0 Å². The zero-order valence-electron chi connectivity index (χ0n) is 11.2. The lowest BCUT2D eigenvalue weighted by Gasteiger charge is -2.28. The van der Waals surface area contributed by atoms with Crippen molar-refractivity contribution in [2.24, 2.45) is 5.41 Å². The summed E-state index contributed by atoms with van der Waals surface area (Å²) in [4.78, 5) is 0. The lowest BCUT2D eigenvalue weighted by molar-refractivity contribution is 0.359. The molecule has 1 aromatic carbocycles. The Morgan fingerprint density at radius 1 is 1.11 bits per heavy atom. The molecule has 0 bridgehead atoms. The zero-order chi connectivity index (χ0) is 13.3. The molecule has 1 heterocycles. The summed E-state index contributed by atoms with van der Waals surface area (Å²) < 4.78 is 0. The molecule has 0 radical (unpaired) electrons. The molecule has 0 saturated carbocycles. The van der Waals surface area contributed by atoms with E-state index in [0.717, 1.165) is 16.6 Å². The molecule has 0 amide bonds. The van der Waals surface area contributed by atoms with Crippen LogP contribution in [0.5, 0.6) is 0 Å². The van der Waals surface area contributed by atoms with Crippen LogP contribution in [0.15, 0.2) is 24.3 Å². The maximum Gasteiger partial charge on any atom is 0.159 e. The summed E-state index contributed by atoms with van der Waals surface area (Å²) in [5, 5.41) is 14.0. The molecular weight excluding hydrogens is 246 g/mol. The fourth-order valence-electron chi connectivity index (χ4n) is 1.60. The molecule has 0 aliphatic heterocycles. The Bertz CT molecular complexity index is 560. The van der Waals surface area contributed by atoms with Crippen molar-refractivity contribution in [1.82, 2.24) is 10.2 Å². The van der Waals surface area contributed by atoms with Gasteiger partial charge in [-0.25, -0.2) is 0 Å². The van der Waals surface area contributed by atoms with Gasteiger partial charge in [-0.2, -0.15) is 0 Å². The monoisotopic (exact) mass is 263 g/mol. The smallest absolute Gasteiger partial charge is 0.159 e. The van der Waals surface area contributed by atoms with Gasteiger partial charge in [0.05, 0.1) is 0 Å². The summed E-state index contributed by atoms with van der Waals surface area (Å²) >= 11 is 6.05. The van der Waals surface area contributed by atoms with Gasteiger partial charge in [0.2, 0.25) is 0 Å². The van der Waals surface area contributed by atoms with Crippen LogP contribution >= 0.6 is 11.6 Å². The molecule has 0 fully saturated rings. The first-order valence-electron chi connectivity index (χ1n) is 6.07. The molecule has 2 aromatic rings. The minimum absolute atomic E-state index is 0.155. The predicted molar refractivity (Wildman–Crippen MR) is 77.1 cm³/mol. The first-order valence-corrected chi connectivity index (χ1v) is 6.45. The van der Waals surface area contributed by atoms with Crippen LogP contribution < -0.4 is 5.32 Å². The van der Waals surface area contributed by atoms with Crippen molar-refractivity contribution in [2.45, 2.75) is 33.7 Å². The highest BCUT2D eigenvalue weighted by molar-refractivity contribution is 6.34. The van der Waals surface area contributed by atoms with Gasteiger partial charge in [-0.15, -0.1) is 10.2 Å². The Morgan fingerprint density at radius 2 is 1.72 bits per heavy atom. The minimum Gasteiger partial charge on any atom is -0.365 e. The van der Waals surface area contributed by atoms with E-state index in [1.165, 1.54) is 0 Å². The predicted octanol–water partition coefficient (Wildman–Crippen LogP) is 4.13. The van der Waals surface area contributed by atoms with Crippen molar-refractivity contribution >= 4 is 28.2 Å². The highest BCUT2D eigenvalue weighted by atomic mass is 35.5. The van der Waals surface area contributed by atoms with Crippen molar-refractivity contribution in [3.05, 3.63) is 29.4 Å². The summed E-state index contributed by atoms with van der Waals surface area (Å²) in [5.74, 6) is 0.789. The van der Waals surface area contributed by atoms with Gasteiger partial charge in [-0.05, 0) is 12.3 Å². The van der Waals surface area contributed by atoms with Gasteiger partial charge in [-0.3, -0.25) is 0 Å². The molecule has 96 valence electrons. The zero-order valence-corrected chi connectivity index (χ0v) is 11.9. The van der Waals surface area contributed by atoms with E-state index in [2.05, 4.69) is 43.2 Å². The molecule has 1 aromatic heterocycles. The topological polar surface area (TPSA) is 37.8 Å². The number of nitrogens with zero attached hydrogens (tertiary/aromatic N) is 2. The second-order valence-electron chi connectivity index (χ2n) is 5.62. The first kappa shape index (κ1) is 13.1. The highest BCUT2D eigenvalue weighted by Gasteiger charge is 2.21. The van der Waals surface area contributed by atoms with Crippen LogP contribution in [0.1, 0.15) is 27.7 Å². The lowest BCUT2D eigenvalue weighted by Crippen LogP contribution is -2.31. The van der Waals surface area contributed by atoms with Crippen molar-refractivity contribution in [2.75, 3.05) is 5.32 Å². The standard InChI is InChI=1S/C14H18ClN3/c1-9(14(2,3)4)16-13-11-8-6-5-7-10(11)12(15)17-18-13/h5-9H,1-4H3,(H,16,18). The average molecular weight is 264 g/mol. The summed E-state index contributed by atoms with van der Waals surface area (Å²) in [6.07, 6.45) is 0. The Labute approximate surface area is 113 Å². The second kappa shape index (κ2) is 4.73. The van der Waals surface area contributed by atoms with Crippen LogP contribution in [0.25, 0.3) is 10.8 Å². The van der Waals surface area contributed by atoms with Gasteiger partial charge in [-0.1, -0.05) is 56.6 Å². The quantitative estimate of drug-likeness (QED) is 0.885. The number of fused-ring (bicyclic) bond motifs is 1. The lowest BCUT2D eigenvalue weighted by atomic mass is 9.88. The van der Waals surface area contributed by atoms with E-state index < -0.39 is 0 Å². The molecule has 18 heavy (non-hydrogen) atoms. The molecule has 1 N–H and O–H groups in total. The second-order valence-corrected chi connectivity index (χ2v) is 5.98. The number of aromatic nitrogens is 2. The molecule has 1 atom stereocenters. The van der Waals surface area contributed by atoms with E-state index in [4.69, 9.17) is 11.6 Å². The van der Waals surface area contributed by atoms with Gasteiger partial charge < -0.3 is 5.32 Å². The highest BCUT2D eigenvalue weighted by Crippen LogP contribution is 2.28. The van der Waals surface area contributed by atoms with Crippen LogP contribution in [0, 0.1) is 5.41 Å². The number of rotatable bonds is 2. The molecule has 2 rings (SSSR count). The average Bonchev–Trinajstić information content (AvgIpc) is 2.32. The third-order valence-electron chi connectivity index (χ3n) is 3.29. The van der Waals surface area contributed by atoms with E-state index in [1.54, 1.807) is 0 Å². The Hall–Kier alpha value is -1.35. The Morgan fingerprint density at radius 3 is 2.33 bits per heavy atom. The third-order valence-corrected chi connectivity index (χ3v) is 3.57. The van der Waals surface area contributed by atoms with E-state index >= 15 is 0 Å². The SMILES string of the molecule is CC(Nc1nnc(Cl)c2ccccc12)C(C)(C)C. The van der Waals surface area contributed by atoms with Crippen molar-refractivity contribution in [1.29, 1.82) is 0 Å². The number of anilines is 1. The maximum absolute atomic E-state index is 6.05. The van der Waals surface area contributed by atoms with Gasteiger partial charge in [0.25, 0.3) is 0 Å². The molecule has 3 nitrogen and oxygen atoms in total. The Balaban J connectivity index is 2.44. The Kier molecular flexibility index (Phi) is 3.44. The number of nitrogens with one attached hydrogen (secondary N) is 1. The van der Waals surface area contributed by atoms with E-state index in [-0.39, 0.29) is 11.5 Å². The van der Waals surface area contributed by atoms with E-state index in [9.17, 15) is 0 Å². The maximum atomic E-state index is 6.05. The first-order chi connectivity index (χ1) is 8.39. The van der Waals surface area contributed by atoms with E-state index in [0.29, 0.717) is 5.15 Å². The number of benzene rings is 1. The van der Waals surface area contributed by atoms with E-state index in [1.807, 2.05) is 24.3 Å². The summed E-state index contributed by atoms with van der Waals surface area (Å²) in [6.45, 7) is 8.72. The molecular formula is C14H18ClN3. The molecule has 0 spiro atoms. The van der Waals surface area contributed by atoms with Gasteiger partial charge in [0.15, 0.2) is 11.0 Å². The molecule has 0 aliphatic carbocycles. The summed E-state index contributed by atoms with van der Waals surface area (Å²) in [5.41, 5.74) is 0.155.